The predicted octanol–water partition coefficient (Wildman–Crippen LogP) is 3.38. The van der Waals surface area contributed by atoms with Gasteiger partial charge in [0.25, 0.3) is 5.69 Å². The third kappa shape index (κ3) is 2.90. The Hall–Kier alpha value is -2.51. The molecule has 0 saturated heterocycles. The van der Waals surface area contributed by atoms with Crippen molar-refractivity contribution in [1.82, 2.24) is 9.97 Å². The van der Waals surface area contributed by atoms with E-state index in [0.717, 1.165) is 6.07 Å². The van der Waals surface area contributed by atoms with Crippen LogP contribution in [0.2, 0.25) is 0 Å². The summed E-state index contributed by atoms with van der Waals surface area (Å²) in [4.78, 5) is 17.2. The van der Waals surface area contributed by atoms with Crippen molar-refractivity contribution in [2.75, 3.05) is 0 Å². The summed E-state index contributed by atoms with van der Waals surface area (Å²) < 4.78 is 38.0. The Bertz CT molecular complexity index is 654. The van der Waals surface area contributed by atoms with E-state index in [1.54, 1.807) is 0 Å². The first-order valence-corrected chi connectivity index (χ1v) is 5.45. The zero-order valence-electron chi connectivity index (χ0n) is 10.2. The molecule has 2 rings (SSSR count). The molecule has 1 heterocycles. The zero-order chi connectivity index (χ0) is 14.9. The van der Waals surface area contributed by atoms with E-state index in [2.05, 4.69) is 9.97 Å². The van der Waals surface area contributed by atoms with Crippen molar-refractivity contribution in [1.29, 1.82) is 0 Å². The molecule has 0 N–H and O–H groups in total. The highest BCUT2D eigenvalue weighted by Gasteiger charge is 2.33. The molecule has 20 heavy (non-hydrogen) atoms. The van der Waals surface area contributed by atoms with E-state index in [-0.39, 0.29) is 17.2 Å². The van der Waals surface area contributed by atoms with Gasteiger partial charge in [0.05, 0.1) is 10.6 Å². The number of aryl methyl sites for hydroxylation is 1. The van der Waals surface area contributed by atoms with Gasteiger partial charge in [0, 0.05) is 17.7 Å². The standard InChI is InChI=1S/C12H8F3N3O2/c1-7-16-10(6-11(17-7)12(13,14)15)8-2-4-9(5-3-8)18(19)20/h2-6H,1H3. The summed E-state index contributed by atoms with van der Waals surface area (Å²) in [5, 5.41) is 10.5. The van der Waals surface area contributed by atoms with Gasteiger partial charge in [-0.15, -0.1) is 0 Å². The maximum absolute atomic E-state index is 12.7. The van der Waals surface area contributed by atoms with E-state index in [4.69, 9.17) is 0 Å². The number of non-ortho nitro benzene ring substituents is 1. The van der Waals surface area contributed by atoms with Crippen LogP contribution >= 0.6 is 0 Å². The summed E-state index contributed by atoms with van der Waals surface area (Å²) >= 11 is 0. The minimum Gasteiger partial charge on any atom is -0.258 e. The minimum atomic E-state index is -4.57. The molecule has 0 fully saturated rings. The van der Waals surface area contributed by atoms with Crippen molar-refractivity contribution in [3.63, 3.8) is 0 Å². The lowest BCUT2D eigenvalue weighted by Crippen LogP contribution is -2.10. The molecule has 1 aromatic carbocycles. The van der Waals surface area contributed by atoms with Crippen LogP contribution in [0.15, 0.2) is 30.3 Å². The fourth-order valence-corrected chi connectivity index (χ4v) is 1.61. The van der Waals surface area contributed by atoms with Gasteiger partial charge in [0.1, 0.15) is 11.5 Å². The Labute approximate surface area is 111 Å². The first-order chi connectivity index (χ1) is 9.27. The van der Waals surface area contributed by atoms with Gasteiger partial charge in [-0.1, -0.05) is 0 Å². The molecular weight excluding hydrogens is 275 g/mol. The van der Waals surface area contributed by atoms with Crippen molar-refractivity contribution in [2.45, 2.75) is 13.1 Å². The number of nitro benzene ring substituents is 1. The summed E-state index contributed by atoms with van der Waals surface area (Å²) in [6.45, 7) is 1.35. The molecule has 8 heteroatoms. The largest absolute Gasteiger partial charge is 0.433 e. The second-order valence-electron chi connectivity index (χ2n) is 3.99. The highest BCUT2D eigenvalue weighted by Crippen LogP contribution is 2.30. The summed E-state index contributed by atoms with van der Waals surface area (Å²) in [7, 11) is 0. The van der Waals surface area contributed by atoms with Crippen LogP contribution < -0.4 is 0 Å². The van der Waals surface area contributed by atoms with E-state index in [1.807, 2.05) is 0 Å². The van der Waals surface area contributed by atoms with E-state index in [9.17, 15) is 23.3 Å². The number of alkyl halides is 3. The Morgan fingerprint density at radius 3 is 2.25 bits per heavy atom. The third-order valence-corrected chi connectivity index (χ3v) is 2.50. The SMILES string of the molecule is Cc1nc(-c2ccc([N+](=O)[O-])cc2)cc(C(F)(F)F)n1. The lowest BCUT2D eigenvalue weighted by atomic mass is 10.1. The summed E-state index contributed by atoms with van der Waals surface area (Å²) in [6.07, 6.45) is -4.57. The van der Waals surface area contributed by atoms with Crippen LogP contribution in [0.5, 0.6) is 0 Å². The van der Waals surface area contributed by atoms with Crippen LogP contribution in [-0.4, -0.2) is 14.9 Å². The van der Waals surface area contributed by atoms with Gasteiger partial charge in [-0.3, -0.25) is 10.1 Å². The molecule has 104 valence electrons. The van der Waals surface area contributed by atoms with Gasteiger partial charge < -0.3 is 0 Å². The number of halogens is 3. The number of nitro groups is 1. The van der Waals surface area contributed by atoms with Gasteiger partial charge in [-0.05, 0) is 25.1 Å². The zero-order valence-corrected chi connectivity index (χ0v) is 10.2. The molecule has 0 aliphatic heterocycles. The number of hydrogen-bond acceptors (Lipinski definition) is 4. The van der Waals surface area contributed by atoms with Crippen molar-refractivity contribution in [2.24, 2.45) is 0 Å². The number of benzene rings is 1. The first kappa shape index (κ1) is 13.9. The second-order valence-corrected chi connectivity index (χ2v) is 3.99. The smallest absolute Gasteiger partial charge is 0.258 e. The average molecular weight is 283 g/mol. The topological polar surface area (TPSA) is 68.9 Å². The van der Waals surface area contributed by atoms with Crippen LogP contribution in [0.25, 0.3) is 11.3 Å². The second kappa shape index (κ2) is 4.87. The monoisotopic (exact) mass is 283 g/mol. The third-order valence-electron chi connectivity index (χ3n) is 2.50. The molecule has 5 nitrogen and oxygen atoms in total. The van der Waals surface area contributed by atoms with Crippen molar-refractivity contribution >= 4 is 5.69 Å². The summed E-state index contributed by atoms with van der Waals surface area (Å²) in [5.74, 6) is -0.0202. The molecule has 0 saturated carbocycles. The molecular formula is C12H8F3N3O2. The van der Waals surface area contributed by atoms with E-state index < -0.39 is 16.8 Å². The molecule has 2 aromatic rings. The Kier molecular flexibility index (Phi) is 3.39. The molecule has 0 unspecified atom stereocenters. The van der Waals surface area contributed by atoms with Crippen LogP contribution in [0.3, 0.4) is 0 Å². The lowest BCUT2D eigenvalue weighted by Gasteiger charge is -2.08. The minimum absolute atomic E-state index is 0.0202. The van der Waals surface area contributed by atoms with Crippen LogP contribution in [0, 0.1) is 17.0 Å². The molecule has 0 spiro atoms. The van der Waals surface area contributed by atoms with Crippen molar-refractivity contribution < 1.29 is 18.1 Å². The number of nitrogens with zero attached hydrogens (tertiary/aromatic N) is 3. The van der Waals surface area contributed by atoms with Crippen molar-refractivity contribution in [3.8, 4) is 11.3 Å². The highest BCUT2D eigenvalue weighted by atomic mass is 19.4. The predicted molar refractivity (Wildman–Crippen MR) is 63.9 cm³/mol. The normalized spacial score (nSPS) is 11.4. The fraction of sp³-hybridized carbons (Fsp3) is 0.167. The molecule has 1 aromatic heterocycles. The lowest BCUT2D eigenvalue weighted by molar-refractivity contribution is -0.384. The fourth-order valence-electron chi connectivity index (χ4n) is 1.61. The number of aromatic nitrogens is 2. The molecule has 0 amide bonds. The quantitative estimate of drug-likeness (QED) is 0.625. The molecule has 0 bridgehead atoms. The average Bonchev–Trinajstić information content (AvgIpc) is 2.37. The van der Waals surface area contributed by atoms with Crippen LogP contribution in [-0.2, 0) is 6.18 Å². The summed E-state index contributed by atoms with van der Waals surface area (Å²) in [6, 6.07) is 5.92. The number of rotatable bonds is 2. The highest BCUT2D eigenvalue weighted by molar-refractivity contribution is 5.61. The van der Waals surface area contributed by atoms with Gasteiger partial charge in [-0.25, -0.2) is 9.97 Å². The summed E-state index contributed by atoms with van der Waals surface area (Å²) in [5.41, 5.74) is -0.764. The van der Waals surface area contributed by atoms with Gasteiger partial charge in [0.15, 0.2) is 0 Å². The number of hydrogen-bond donors (Lipinski definition) is 0. The van der Waals surface area contributed by atoms with Gasteiger partial charge in [0.2, 0.25) is 0 Å². The van der Waals surface area contributed by atoms with Gasteiger partial charge in [-0.2, -0.15) is 13.2 Å². The van der Waals surface area contributed by atoms with Crippen LogP contribution in [0.4, 0.5) is 18.9 Å². The van der Waals surface area contributed by atoms with E-state index >= 15 is 0 Å². The van der Waals surface area contributed by atoms with Crippen molar-refractivity contribution in [3.05, 3.63) is 52.0 Å². The molecule has 0 aliphatic rings. The van der Waals surface area contributed by atoms with E-state index in [0.29, 0.717) is 5.56 Å². The van der Waals surface area contributed by atoms with E-state index in [1.165, 1.54) is 31.2 Å². The Balaban J connectivity index is 2.47. The molecule has 0 atom stereocenters. The Morgan fingerprint density at radius 1 is 1.15 bits per heavy atom. The van der Waals surface area contributed by atoms with Crippen LogP contribution in [0.1, 0.15) is 11.5 Å². The Morgan fingerprint density at radius 2 is 1.75 bits per heavy atom. The first-order valence-electron chi connectivity index (χ1n) is 5.45. The van der Waals surface area contributed by atoms with Gasteiger partial charge >= 0.3 is 6.18 Å². The maximum atomic E-state index is 12.7. The molecule has 0 aliphatic carbocycles. The molecule has 0 radical (unpaired) electrons. The maximum Gasteiger partial charge on any atom is 0.433 e.